The zero-order valence-electron chi connectivity index (χ0n) is 13.0. The molecule has 0 unspecified atom stereocenters. The molecular weight excluding hydrogens is 282 g/mol. The van der Waals surface area contributed by atoms with Crippen molar-refractivity contribution in [3.8, 4) is 5.75 Å². The van der Waals surface area contributed by atoms with Crippen molar-refractivity contribution < 1.29 is 19.0 Å². The molecule has 1 fully saturated rings. The van der Waals surface area contributed by atoms with Crippen LogP contribution in [0.3, 0.4) is 0 Å². The first kappa shape index (κ1) is 16.9. The zero-order chi connectivity index (χ0) is 15.7. The highest BCUT2D eigenvalue weighted by atomic mass is 16.5. The highest BCUT2D eigenvalue weighted by Gasteiger charge is 2.39. The van der Waals surface area contributed by atoms with Gasteiger partial charge < -0.3 is 24.7 Å². The van der Waals surface area contributed by atoms with Gasteiger partial charge >= 0.3 is 0 Å². The molecule has 0 amide bonds. The highest BCUT2D eigenvalue weighted by molar-refractivity contribution is 5.50. The molecule has 0 heterocycles. The average molecular weight is 307 g/mol. The summed E-state index contributed by atoms with van der Waals surface area (Å²) in [6.07, 6.45) is 4.55. The fourth-order valence-electron chi connectivity index (χ4n) is 2.15. The second-order valence-corrected chi connectivity index (χ2v) is 5.59. The normalized spacial score (nSPS) is 15.5. The van der Waals surface area contributed by atoms with E-state index in [4.69, 9.17) is 19.9 Å². The standard InChI is InChI=1S/C17H25NO4/c18-17(7-8-17)15-3-5-16(6-4-15)22-13-2-12-20-10-1-11-21-14-9-19/h3-6,9H,1-2,7-8,10-14,18H2. The minimum Gasteiger partial charge on any atom is -0.494 e. The van der Waals surface area contributed by atoms with Crippen molar-refractivity contribution in [1.29, 1.82) is 0 Å². The molecule has 5 nitrogen and oxygen atoms in total. The third-order valence-corrected chi connectivity index (χ3v) is 3.68. The second-order valence-electron chi connectivity index (χ2n) is 5.59. The van der Waals surface area contributed by atoms with Crippen LogP contribution in [0.25, 0.3) is 0 Å². The first-order valence-corrected chi connectivity index (χ1v) is 7.86. The van der Waals surface area contributed by atoms with E-state index in [1.54, 1.807) is 0 Å². The molecule has 2 N–H and O–H groups in total. The van der Waals surface area contributed by atoms with Crippen LogP contribution < -0.4 is 10.5 Å². The molecule has 0 aromatic heterocycles. The number of carbonyl (C=O) groups is 1. The summed E-state index contributed by atoms with van der Waals surface area (Å²) in [4.78, 5) is 10.0. The number of benzene rings is 1. The number of hydrogen-bond acceptors (Lipinski definition) is 5. The van der Waals surface area contributed by atoms with Crippen molar-refractivity contribution in [2.24, 2.45) is 5.73 Å². The van der Waals surface area contributed by atoms with Gasteiger partial charge in [0.05, 0.1) is 6.61 Å². The van der Waals surface area contributed by atoms with Crippen LogP contribution >= 0.6 is 0 Å². The molecule has 1 aromatic carbocycles. The number of hydrogen-bond donors (Lipinski definition) is 1. The van der Waals surface area contributed by atoms with Crippen molar-refractivity contribution in [3.05, 3.63) is 29.8 Å². The smallest absolute Gasteiger partial charge is 0.145 e. The fraction of sp³-hybridized carbons (Fsp3) is 0.588. The van der Waals surface area contributed by atoms with Gasteiger partial charge in [0, 0.05) is 31.8 Å². The van der Waals surface area contributed by atoms with Crippen molar-refractivity contribution in [3.63, 3.8) is 0 Å². The molecule has 5 heteroatoms. The van der Waals surface area contributed by atoms with E-state index in [-0.39, 0.29) is 12.1 Å². The molecule has 1 saturated carbocycles. The maximum absolute atomic E-state index is 10.0. The van der Waals surface area contributed by atoms with Gasteiger partial charge in [0.1, 0.15) is 18.6 Å². The predicted octanol–water partition coefficient (Wildman–Crippen LogP) is 2.03. The van der Waals surface area contributed by atoms with Crippen molar-refractivity contribution in [1.82, 2.24) is 0 Å². The minimum absolute atomic E-state index is 0.0815. The molecule has 1 aliphatic carbocycles. The summed E-state index contributed by atoms with van der Waals surface area (Å²) in [5.41, 5.74) is 7.25. The predicted molar refractivity (Wildman–Crippen MR) is 84.0 cm³/mol. The summed E-state index contributed by atoms with van der Waals surface area (Å²) >= 11 is 0. The van der Waals surface area contributed by atoms with Gasteiger partial charge in [-0.1, -0.05) is 12.1 Å². The van der Waals surface area contributed by atoms with Crippen LogP contribution in [0, 0.1) is 0 Å². The van der Waals surface area contributed by atoms with Crippen LogP contribution in [0.5, 0.6) is 5.75 Å². The topological polar surface area (TPSA) is 70.8 Å². The summed E-state index contributed by atoms with van der Waals surface area (Å²) < 4.78 is 16.2. The van der Waals surface area contributed by atoms with E-state index in [0.29, 0.717) is 26.4 Å². The van der Waals surface area contributed by atoms with Gasteiger partial charge in [-0.2, -0.15) is 0 Å². The maximum Gasteiger partial charge on any atom is 0.145 e. The Morgan fingerprint density at radius 1 is 1.00 bits per heavy atom. The minimum atomic E-state index is -0.0815. The lowest BCUT2D eigenvalue weighted by Crippen LogP contribution is -2.18. The Bertz CT molecular complexity index is 442. The fourth-order valence-corrected chi connectivity index (χ4v) is 2.15. The molecule has 22 heavy (non-hydrogen) atoms. The molecule has 1 aliphatic rings. The average Bonchev–Trinajstić information content (AvgIpc) is 3.29. The van der Waals surface area contributed by atoms with Crippen LogP contribution in [0.4, 0.5) is 0 Å². The lowest BCUT2D eigenvalue weighted by atomic mass is 10.1. The lowest BCUT2D eigenvalue weighted by molar-refractivity contribution is -0.112. The van der Waals surface area contributed by atoms with Crippen LogP contribution in [-0.2, 0) is 19.8 Å². The van der Waals surface area contributed by atoms with Crippen molar-refractivity contribution in [2.45, 2.75) is 31.2 Å². The van der Waals surface area contributed by atoms with Gasteiger partial charge in [-0.25, -0.2) is 0 Å². The molecule has 0 bridgehead atoms. The summed E-state index contributed by atoms with van der Waals surface area (Å²) in [7, 11) is 0. The van der Waals surface area contributed by atoms with Crippen molar-refractivity contribution in [2.75, 3.05) is 33.0 Å². The Balaban J connectivity index is 1.47. The number of aldehydes is 1. The lowest BCUT2D eigenvalue weighted by Gasteiger charge is -2.11. The van der Waals surface area contributed by atoms with Crippen LogP contribution in [0.1, 0.15) is 31.2 Å². The summed E-state index contributed by atoms with van der Waals surface area (Å²) in [6, 6.07) is 8.07. The van der Waals surface area contributed by atoms with Gasteiger partial charge in [-0.05, 0) is 37.0 Å². The molecule has 2 rings (SSSR count). The Morgan fingerprint density at radius 2 is 1.64 bits per heavy atom. The van der Waals surface area contributed by atoms with E-state index in [1.807, 2.05) is 12.1 Å². The summed E-state index contributed by atoms with van der Waals surface area (Å²) in [5.74, 6) is 0.871. The van der Waals surface area contributed by atoms with Gasteiger partial charge in [0.25, 0.3) is 0 Å². The van der Waals surface area contributed by atoms with Gasteiger partial charge in [0.2, 0.25) is 0 Å². The number of ether oxygens (including phenoxy) is 3. The molecule has 0 radical (unpaired) electrons. The van der Waals surface area contributed by atoms with Crippen molar-refractivity contribution >= 4 is 6.29 Å². The third-order valence-electron chi connectivity index (χ3n) is 3.68. The Morgan fingerprint density at radius 3 is 2.27 bits per heavy atom. The van der Waals surface area contributed by atoms with E-state index in [9.17, 15) is 4.79 Å². The molecule has 122 valence electrons. The quantitative estimate of drug-likeness (QED) is 0.472. The summed E-state index contributed by atoms with van der Waals surface area (Å²) in [5, 5.41) is 0. The molecule has 1 aromatic rings. The molecule has 0 aliphatic heterocycles. The third kappa shape index (κ3) is 5.75. The van der Waals surface area contributed by atoms with E-state index in [1.165, 1.54) is 5.56 Å². The zero-order valence-corrected chi connectivity index (χ0v) is 13.0. The molecule has 0 atom stereocenters. The molecular formula is C17H25NO4. The number of nitrogens with two attached hydrogens (primary N) is 1. The van der Waals surface area contributed by atoms with Gasteiger partial charge in [-0.15, -0.1) is 0 Å². The Hall–Kier alpha value is -1.43. The highest BCUT2D eigenvalue weighted by Crippen LogP contribution is 2.42. The molecule has 0 saturated heterocycles. The van der Waals surface area contributed by atoms with Crippen LogP contribution in [0.2, 0.25) is 0 Å². The first-order chi connectivity index (χ1) is 10.7. The summed E-state index contributed by atoms with van der Waals surface area (Å²) in [6.45, 7) is 2.67. The van der Waals surface area contributed by atoms with E-state index >= 15 is 0 Å². The Kier molecular flexibility index (Phi) is 6.83. The second kappa shape index (κ2) is 8.88. The monoisotopic (exact) mass is 307 g/mol. The number of carbonyl (C=O) groups excluding carboxylic acids is 1. The first-order valence-electron chi connectivity index (χ1n) is 7.86. The largest absolute Gasteiger partial charge is 0.494 e. The molecule has 0 spiro atoms. The van der Waals surface area contributed by atoms with E-state index in [0.717, 1.165) is 37.7 Å². The van der Waals surface area contributed by atoms with Crippen LogP contribution in [0.15, 0.2) is 24.3 Å². The SMILES string of the molecule is NC1(c2ccc(OCCCOCCCOCC=O)cc2)CC1. The van der Waals surface area contributed by atoms with Gasteiger partial charge in [-0.3, -0.25) is 0 Å². The van der Waals surface area contributed by atoms with E-state index in [2.05, 4.69) is 12.1 Å². The number of rotatable bonds is 12. The van der Waals surface area contributed by atoms with Crippen LogP contribution in [-0.4, -0.2) is 39.3 Å². The Labute approximate surface area is 131 Å². The van der Waals surface area contributed by atoms with E-state index < -0.39 is 0 Å². The maximum atomic E-state index is 10.0. The van der Waals surface area contributed by atoms with Gasteiger partial charge in [0.15, 0.2) is 0 Å².